The van der Waals surface area contributed by atoms with Crippen LogP contribution in [0.3, 0.4) is 0 Å². The van der Waals surface area contributed by atoms with E-state index in [1.807, 2.05) is 24.4 Å². The smallest absolute Gasteiger partial charge is 0.236 e. The second-order valence-electron chi connectivity index (χ2n) is 7.16. The maximum Gasteiger partial charge on any atom is 0.236 e. The Morgan fingerprint density at radius 3 is 2.76 bits per heavy atom. The summed E-state index contributed by atoms with van der Waals surface area (Å²) in [6.45, 7) is 5.01. The lowest BCUT2D eigenvalue weighted by Crippen LogP contribution is -2.31. The normalized spacial score (nSPS) is 16.6. The van der Waals surface area contributed by atoms with Crippen LogP contribution >= 0.6 is 11.6 Å². The Balaban J connectivity index is 1.37. The van der Waals surface area contributed by atoms with Gasteiger partial charge in [0.1, 0.15) is 11.6 Å². The summed E-state index contributed by atoms with van der Waals surface area (Å²) in [6.07, 6.45) is 3.23. The Morgan fingerprint density at radius 2 is 2.00 bits per heavy atom. The second-order valence-corrected chi connectivity index (χ2v) is 7.60. The highest BCUT2D eigenvalue weighted by atomic mass is 35.5. The molecule has 2 heterocycles. The second kappa shape index (κ2) is 7.87. The van der Waals surface area contributed by atoms with Crippen molar-refractivity contribution in [2.24, 2.45) is 5.92 Å². The van der Waals surface area contributed by atoms with Crippen LogP contribution in [-0.2, 0) is 11.2 Å². The van der Waals surface area contributed by atoms with Gasteiger partial charge in [-0.2, -0.15) is 0 Å². The fraction of sp³-hybridized carbons (Fsp3) is 0.227. The Labute approximate surface area is 172 Å². The number of aromatic nitrogens is 1. The zero-order valence-corrected chi connectivity index (χ0v) is 16.4. The maximum atomic E-state index is 13.5. The number of rotatable bonds is 6. The van der Waals surface area contributed by atoms with Gasteiger partial charge in [0.2, 0.25) is 5.91 Å². The molecule has 0 saturated carbocycles. The largest absolute Gasteiger partial charge is 0.388 e. The van der Waals surface area contributed by atoms with E-state index in [1.54, 1.807) is 0 Å². The highest BCUT2D eigenvalue weighted by molar-refractivity contribution is 6.31. The fourth-order valence-corrected chi connectivity index (χ4v) is 3.97. The molecule has 4 nitrogen and oxygen atoms in total. The molecule has 1 saturated heterocycles. The van der Waals surface area contributed by atoms with E-state index in [-0.39, 0.29) is 11.6 Å². The van der Waals surface area contributed by atoms with Gasteiger partial charge < -0.3 is 15.2 Å². The number of nitrogens with zero attached hydrogens (tertiary/aromatic N) is 1. The summed E-state index contributed by atoms with van der Waals surface area (Å²) in [5.41, 5.74) is 3.00. The third-order valence-electron chi connectivity index (χ3n) is 5.26. The van der Waals surface area contributed by atoms with E-state index in [9.17, 15) is 13.6 Å². The molecule has 150 valence electrons. The van der Waals surface area contributed by atoms with E-state index in [4.69, 9.17) is 11.6 Å². The third-order valence-corrected chi connectivity index (χ3v) is 5.50. The van der Waals surface area contributed by atoms with Crippen molar-refractivity contribution in [2.75, 3.05) is 18.0 Å². The minimum atomic E-state index is -0.702. The third kappa shape index (κ3) is 3.98. The monoisotopic (exact) mass is 415 g/mol. The minimum Gasteiger partial charge on any atom is -0.388 e. The topological polar surface area (TPSA) is 48.1 Å². The first-order valence-electron chi connectivity index (χ1n) is 9.38. The van der Waals surface area contributed by atoms with Crippen LogP contribution in [0.4, 0.5) is 14.5 Å². The quantitative estimate of drug-likeness (QED) is 0.607. The number of hydrogen-bond acceptors (Lipinski definition) is 2. The summed E-state index contributed by atoms with van der Waals surface area (Å²) in [5, 5.41) is 4.98. The van der Waals surface area contributed by atoms with E-state index in [0.29, 0.717) is 30.2 Å². The number of halogens is 3. The summed E-state index contributed by atoms with van der Waals surface area (Å²) < 4.78 is 27.0. The van der Waals surface area contributed by atoms with E-state index >= 15 is 0 Å². The van der Waals surface area contributed by atoms with Gasteiger partial charge in [-0.05, 0) is 48.7 Å². The number of hydrogen-bond donors (Lipinski definition) is 2. The van der Waals surface area contributed by atoms with E-state index in [0.717, 1.165) is 29.0 Å². The lowest BCUT2D eigenvalue weighted by atomic mass is 10.0. The van der Waals surface area contributed by atoms with E-state index in [1.165, 1.54) is 17.0 Å². The van der Waals surface area contributed by atoms with Gasteiger partial charge in [-0.25, -0.2) is 8.78 Å². The zero-order chi connectivity index (χ0) is 20.5. The number of nitrogens with one attached hydrogen (secondary N) is 2. The van der Waals surface area contributed by atoms with Gasteiger partial charge in [0.05, 0.1) is 5.92 Å². The molecule has 1 amide bonds. The van der Waals surface area contributed by atoms with Crippen molar-refractivity contribution in [1.82, 2.24) is 10.3 Å². The lowest BCUT2D eigenvalue weighted by Gasteiger charge is -2.18. The van der Waals surface area contributed by atoms with Crippen LogP contribution < -0.4 is 10.2 Å². The highest BCUT2D eigenvalue weighted by Gasteiger charge is 2.34. The molecule has 1 unspecified atom stereocenters. The average Bonchev–Trinajstić information content (AvgIpc) is 3.24. The maximum absolute atomic E-state index is 13.5. The van der Waals surface area contributed by atoms with Gasteiger partial charge in [0.15, 0.2) is 0 Å². The number of benzene rings is 2. The molecule has 1 aromatic heterocycles. The first-order chi connectivity index (χ1) is 13.9. The van der Waals surface area contributed by atoms with Gasteiger partial charge in [0, 0.05) is 52.7 Å². The molecule has 1 atom stereocenters. The molecule has 0 bridgehead atoms. The summed E-state index contributed by atoms with van der Waals surface area (Å²) >= 11 is 6.09. The van der Waals surface area contributed by atoms with Crippen molar-refractivity contribution in [1.29, 1.82) is 0 Å². The SMILES string of the molecule is C=C(NCCc1c[nH]c2ccc(Cl)cc12)C1CCN(c2cc(F)cc(F)c2)C1=O. The molecule has 0 spiro atoms. The zero-order valence-electron chi connectivity index (χ0n) is 15.6. The minimum absolute atomic E-state index is 0.202. The number of carbonyl (C=O) groups is 1. The Morgan fingerprint density at radius 1 is 1.24 bits per heavy atom. The molecule has 4 rings (SSSR count). The van der Waals surface area contributed by atoms with Crippen LogP contribution in [-0.4, -0.2) is 24.0 Å². The van der Waals surface area contributed by atoms with Gasteiger partial charge >= 0.3 is 0 Å². The Kier molecular flexibility index (Phi) is 5.28. The highest BCUT2D eigenvalue weighted by Crippen LogP contribution is 2.29. The van der Waals surface area contributed by atoms with Crippen LogP contribution in [0.5, 0.6) is 0 Å². The average molecular weight is 416 g/mol. The van der Waals surface area contributed by atoms with Crippen molar-refractivity contribution >= 4 is 34.1 Å². The number of anilines is 1. The molecule has 29 heavy (non-hydrogen) atoms. The molecule has 1 aliphatic rings. The summed E-state index contributed by atoms with van der Waals surface area (Å²) in [4.78, 5) is 17.4. The number of amides is 1. The van der Waals surface area contributed by atoms with Gasteiger partial charge in [-0.3, -0.25) is 4.79 Å². The van der Waals surface area contributed by atoms with Gasteiger partial charge in [0.25, 0.3) is 0 Å². The molecule has 1 fully saturated rings. The van der Waals surface area contributed by atoms with E-state index < -0.39 is 17.6 Å². The predicted molar refractivity (Wildman–Crippen MR) is 111 cm³/mol. The number of aromatic amines is 1. The summed E-state index contributed by atoms with van der Waals surface area (Å²) in [6, 6.07) is 8.83. The lowest BCUT2D eigenvalue weighted by molar-refractivity contribution is -0.119. The summed E-state index contributed by atoms with van der Waals surface area (Å²) in [7, 11) is 0. The van der Waals surface area contributed by atoms with Gasteiger partial charge in [-0.15, -0.1) is 0 Å². The molecule has 2 aromatic carbocycles. The first-order valence-corrected chi connectivity index (χ1v) is 9.76. The Bertz CT molecular complexity index is 1070. The number of fused-ring (bicyclic) bond motifs is 1. The predicted octanol–water partition coefficient (Wildman–Crippen LogP) is 4.80. The number of H-pyrrole nitrogens is 1. The van der Waals surface area contributed by atoms with Crippen molar-refractivity contribution in [3.05, 3.63) is 77.1 Å². The van der Waals surface area contributed by atoms with Crippen molar-refractivity contribution in [2.45, 2.75) is 12.8 Å². The first kappa shape index (κ1) is 19.5. The van der Waals surface area contributed by atoms with Gasteiger partial charge in [-0.1, -0.05) is 18.2 Å². The van der Waals surface area contributed by atoms with Crippen LogP contribution in [0.25, 0.3) is 10.9 Å². The Hall–Kier alpha value is -2.86. The standard InChI is InChI=1S/C22H20ClF2N3O/c1-13(26-6-4-14-12-27-21-3-2-15(23)8-20(14)21)19-5-7-28(22(19)29)18-10-16(24)9-17(25)11-18/h2-3,8-12,19,26-27H,1,4-7H2. The van der Waals surface area contributed by atoms with Crippen LogP contribution in [0.1, 0.15) is 12.0 Å². The molecular formula is C22H20ClF2N3O. The van der Waals surface area contributed by atoms with Crippen LogP contribution in [0.15, 0.2) is 54.9 Å². The fourth-order valence-electron chi connectivity index (χ4n) is 3.79. The summed E-state index contributed by atoms with van der Waals surface area (Å²) in [5.74, 6) is -2.02. The van der Waals surface area contributed by atoms with Crippen LogP contribution in [0.2, 0.25) is 5.02 Å². The van der Waals surface area contributed by atoms with Crippen molar-refractivity contribution in [3.63, 3.8) is 0 Å². The molecule has 2 N–H and O–H groups in total. The molecule has 0 radical (unpaired) electrons. The van der Waals surface area contributed by atoms with E-state index in [2.05, 4.69) is 16.9 Å². The molecule has 3 aromatic rings. The van der Waals surface area contributed by atoms with Crippen LogP contribution in [0, 0.1) is 17.6 Å². The number of carbonyl (C=O) groups excluding carboxylic acids is 1. The molecular weight excluding hydrogens is 396 g/mol. The molecule has 1 aliphatic heterocycles. The van der Waals surface area contributed by atoms with Crippen molar-refractivity contribution < 1.29 is 13.6 Å². The molecule has 7 heteroatoms. The molecule has 0 aliphatic carbocycles. The van der Waals surface area contributed by atoms with Crippen molar-refractivity contribution in [3.8, 4) is 0 Å².